The van der Waals surface area contributed by atoms with Gasteiger partial charge in [0, 0.05) is 19.4 Å². The number of phosphoric ester groups is 1. The quantitative estimate of drug-likeness (QED) is 0.0245. The zero-order valence-corrected chi connectivity index (χ0v) is 35.0. The number of nitrogens with one attached hydrogen (secondary N) is 1. The summed E-state index contributed by atoms with van der Waals surface area (Å²) in [4.78, 5) is 33.8. The normalized spacial score (nSPS) is 14.3. The summed E-state index contributed by atoms with van der Waals surface area (Å²) in [6.45, 7) is 3.28. The van der Waals surface area contributed by atoms with E-state index in [0.29, 0.717) is 12.8 Å². The highest BCUT2D eigenvalue weighted by molar-refractivity contribution is 7.47. The van der Waals surface area contributed by atoms with Crippen molar-refractivity contribution in [3.05, 3.63) is 97.2 Å². The van der Waals surface area contributed by atoms with Crippen molar-refractivity contribution in [3.8, 4) is 0 Å². The molecule has 0 saturated heterocycles. The predicted molar refractivity (Wildman–Crippen MR) is 229 cm³/mol. The highest BCUT2D eigenvalue weighted by Gasteiger charge is 2.23. The lowest BCUT2D eigenvalue weighted by Crippen LogP contribution is -2.27. The average Bonchev–Trinajstić information content (AvgIpc) is 3.17. The average molecular weight is 788 g/mol. The molecule has 0 aromatic carbocycles. The van der Waals surface area contributed by atoms with Crippen LogP contribution in [0.5, 0.6) is 0 Å². The first-order valence-electron chi connectivity index (χ1n) is 20.7. The van der Waals surface area contributed by atoms with Gasteiger partial charge >= 0.3 is 13.8 Å². The molecule has 9 nitrogen and oxygen atoms in total. The smallest absolute Gasteiger partial charge is 0.463 e. The van der Waals surface area contributed by atoms with Gasteiger partial charge < -0.3 is 20.1 Å². The SMILES string of the molecule is CC/C=C\C/C=C\C/C=C\C/C=C\C/C=C\C/C=C\C/C=C\CCCC(=O)NCCOP(=O)(O)OCC(O)COC(=O)CCCCCCC/C=C\CCCC. The van der Waals surface area contributed by atoms with E-state index in [0.717, 1.165) is 96.3 Å². The maximum Gasteiger partial charge on any atom is 0.472 e. The van der Waals surface area contributed by atoms with Gasteiger partial charge in [-0.3, -0.25) is 18.6 Å². The van der Waals surface area contributed by atoms with Crippen molar-refractivity contribution in [1.82, 2.24) is 5.32 Å². The topological polar surface area (TPSA) is 131 Å². The van der Waals surface area contributed by atoms with Crippen LogP contribution in [0.3, 0.4) is 0 Å². The molecule has 0 fully saturated rings. The number of aliphatic hydroxyl groups is 1. The Morgan fingerprint density at radius 2 is 1.05 bits per heavy atom. The Hall–Kier alpha value is -3.07. The van der Waals surface area contributed by atoms with E-state index in [2.05, 4.69) is 116 Å². The monoisotopic (exact) mass is 788 g/mol. The van der Waals surface area contributed by atoms with E-state index < -0.39 is 26.5 Å². The van der Waals surface area contributed by atoms with Crippen LogP contribution in [0.15, 0.2) is 97.2 Å². The molecule has 0 spiro atoms. The van der Waals surface area contributed by atoms with Crippen molar-refractivity contribution in [2.75, 3.05) is 26.4 Å². The van der Waals surface area contributed by atoms with Crippen LogP contribution >= 0.6 is 7.82 Å². The molecule has 0 aromatic heterocycles. The lowest BCUT2D eigenvalue weighted by atomic mass is 10.1. The number of carbonyl (C=O) groups excluding carboxylic acids is 2. The first-order chi connectivity index (χ1) is 26.8. The summed E-state index contributed by atoms with van der Waals surface area (Å²) < 4.78 is 26.8. The lowest BCUT2D eigenvalue weighted by Gasteiger charge is -2.15. The first-order valence-corrected chi connectivity index (χ1v) is 22.2. The van der Waals surface area contributed by atoms with Crippen LogP contribution in [0.4, 0.5) is 0 Å². The van der Waals surface area contributed by atoms with Crippen molar-refractivity contribution < 1.29 is 37.9 Å². The van der Waals surface area contributed by atoms with E-state index in [1.54, 1.807) is 0 Å². The molecule has 0 rings (SSSR count). The molecular formula is C45H74NO8P. The summed E-state index contributed by atoms with van der Waals surface area (Å²) in [5.74, 6) is -0.598. The molecule has 0 aliphatic carbocycles. The fourth-order valence-electron chi connectivity index (χ4n) is 4.88. The van der Waals surface area contributed by atoms with Crippen LogP contribution in [-0.2, 0) is 27.9 Å². The maximum absolute atomic E-state index is 12.1. The van der Waals surface area contributed by atoms with Gasteiger partial charge in [0.2, 0.25) is 5.91 Å². The van der Waals surface area contributed by atoms with Crippen LogP contribution in [0.2, 0.25) is 0 Å². The molecule has 0 radical (unpaired) electrons. The number of allylic oxidation sites excluding steroid dienone is 16. The highest BCUT2D eigenvalue weighted by Crippen LogP contribution is 2.42. The molecule has 0 saturated carbocycles. The molecule has 55 heavy (non-hydrogen) atoms. The Bertz CT molecular complexity index is 1220. The largest absolute Gasteiger partial charge is 0.472 e. The maximum atomic E-state index is 12.1. The number of amides is 1. The second-order valence-corrected chi connectivity index (χ2v) is 14.7. The van der Waals surface area contributed by atoms with Crippen LogP contribution in [0.1, 0.15) is 142 Å². The second-order valence-electron chi connectivity index (χ2n) is 13.2. The molecule has 0 aliphatic rings. The number of ether oxygens (including phenoxy) is 1. The Balaban J connectivity index is 3.75. The Kier molecular flexibility index (Phi) is 38.3. The Morgan fingerprint density at radius 3 is 1.62 bits per heavy atom. The molecule has 3 N–H and O–H groups in total. The van der Waals surface area contributed by atoms with Gasteiger partial charge in [0.05, 0.1) is 13.2 Å². The number of carbonyl (C=O) groups is 2. The van der Waals surface area contributed by atoms with E-state index >= 15 is 0 Å². The minimum Gasteiger partial charge on any atom is -0.463 e. The molecule has 0 aliphatic heterocycles. The second kappa shape index (κ2) is 40.6. The van der Waals surface area contributed by atoms with E-state index in [4.69, 9.17) is 13.8 Å². The molecule has 0 bridgehead atoms. The Labute approximate surface area is 334 Å². The number of aliphatic hydroxyl groups excluding tert-OH is 1. The summed E-state index contributed by atoms with van der Waals surface area (Å²) in [5.41, 5.74) is 0. The summed E-state index contributed by atoms with van der Waals surface area (Å²) >= 11 is 0. The van der Waals surface area contributed by atoms with Gasteiger partial charge in [0.15, 0.2) is 0 Å². The molecule has 0 heterocycles. The molecule has 312 valence electrons. The molecule has 2 atom stereocenters. The standard InChI is InChI=1S/C45H74NO8P/c1-3-5-7-9-11-13-15-16-17-18-19-20-21-22-23-24-25-26-28-29-31-33-35-37-44(48)46-39-40-53-55(50,51)54-42-43(47)41-52-45(49)38-36-34-32-30-27-14-12-10-8-6-4-2/h5,7,10-13,16-17,19-20,22-23,25-26,29,31,43,47H,3-4,6,8-9,14-15,18,21,24,27-28,30,32-42H2,1-2H3,(H,46,48)(H,50,51)/b7-5-,12-10-,13-11-,17-16-,20-19-,23-22-,26-25-,31-29-. The number of unbranched alkanes of at least 4 members (excludes halogenated alkanes) is 8. The fourth-order valence-corrected chi connectivity index (χ4v) is 5.63. The molecular weight excluding hydrogens is 713 g/mol. The third kappa shape index (κ3) is 41.9. The summed E-state index contributed by atoms with van der Waals surface area (Å²) in [6.07, 6.45) is 52.1. The number of hydrogen-bond donors (Lipinski definition) is 3. The van der Waals surface area contributed by atoms with E-state index in [1.807, 2.05) is 0 Å². The van der Waals surface area contributed by atoms with E-state index in [9.17, 15) is 24.2 Å². The Morgan fingerprint density at radius 1 is 0.582 bits per heavy atom. The molecule has 10 heteroatoms. The van der Waals surface area contributed by atoms with Crippen LogP contribution in [-0.4, -0.2) is 54.3 Å². The molecule has 1 amide bonds. The predicted octanol–water partition coefficient (Wildman–Crippen LogP) is 11.4. The van der Waals surface area contributed by atoms with E-state index in [1.165, 1.54) is 12.8 Å². The van der Waals surface area contributed by atoms with Crippen molar-refractivity contribution in [1.29, 1.82) is 0 Å². The van der Waals surface area contributed by atoms with Crippen LogP contribution in [0, 0.1) is 0 Å². The van der Waals surface area contributed by atoms with E-state index in [-0.39, 0.29) is 32.1 Å². The van der Waals surface area contributed by atoms with Crippen molar-refractivity contribution >= 4 is 19.7 Å². The summed E-state index contributed by atoms with van der Waals surface area (Å²) in [6, 6.07) is 0. The van der Waals surface area contributed by atoms with Gasteiger partial charge in [-0.05, 0) is 83.5 Å². The number of hydrogen-bond acceptors (Lipinski definition) is 7. The van der Waals surface area contributed by atoms with Crippen LogP contribution in [0.25, 0.3) is 0 Å². The minimum atomic E-state index is -4.44. The summed E-state index contributed by atoms with van der Waals surface area (Å²) in [5, 5.41) is 12.6. The van der Waals surface area contributed by atoms with Gasteiger partial charge in [-0.2, -0.15) is 0 Å². The van der Waals surface area contributed by atoms with Crippen molar-refractivity contribution in [2.45, 2.75) is 148 Å². The number of rotatable bonds is 37. The fraction of sp³-hybridized carbons (Fsp3) is 0.600. The van der Waals surface area contributed by atoms with Gasteiger partial charge in [-0.1, -0.05) is 143 Å². The highest BCUT2D eigenvalue weighted by atomic mass is 31.2. The zero-order valence-electron chi connectivity index (χ0n) is 34.1. The van der Waals surface area contributed by atoms with Gasteiger partial charge in [0.25, 0.3) is 0 Å². The van der Waals surface area contributed by atoms with Gasteiger partial charge in [0.1, 0.15) is 12.7 Å². The third-order valence-electron chi connectivity index (χ3n) is 8.00. The molecule has 2 unspecified atom stereocenters. The van der Waals surface area contributed by atoms with Crippen molar-refractivity contribution in [2.24, 2.45) is 0 Å². The van der Waals surface area contributed by atoms with Gasteiger partial charge in [-0.25, -0.2) is 4.57 Å². The van der Waals surface area contributed by atoms with Crippen LogP contribution < -0.4 is 5.32 Å². The number of phosphoric acid groups is 1. The molecule has 0 aromatic rings. The first kappa shape index (κ1) is 51.9. The summed E-state index contributed by atoms with van der Waals surface area (Å²) in [7, 11) is -4.44. The zero-order chi connectivity index (χ0) is 40.3. The number of esters is 1. The van der Waals surface area contributed by atoms with Gasteiger partial charge in [-0.15, -0.1) is 0 Å². The minimum absolute atomic E-state index is 0.0432. The third-order valence-corrected chi connectivity index (χ3v) is 8.98. The van der Waals surface area contributed by atoms with Crippen molar-refractivity contribution in [3.63, 3.8) is 0 Å². The lowest BCUT2D eigenvalue weighted by molar-refractivity contribution is -0.147.